The molecule has 0 saturated carbocycles. The third-order valence-corrected chi connectivity index (χ3v) is 5.07. The number of anilines is 1. The molecule has 3 rings (SSSR count). The first-order chi connectivity index (χ1) is 14.5. The van der Waals surface area contributed by atoms with Crippen molar-refractivity contribution in [3.05, 3.63) is 76.5 Å². The van der Waals surface area contributed by atoms with Crippen LogP contribution < -0.4 is 10.6 Å². The fourth-order valence-electron chi connectivity index (χ4n) is 2.85. The Balaban J connectivity index is 1.65. The van der Waals surface area contributed by atoms with E-state index in [2.05, 4.69) is 31.4 Å². The molecule has 0 radical (unpaired) electrons. The summed E-state index contributed by atoms with van der Waals surface area (Å²) in [4.78, 5) is 23.4. The van der Waals surface area contributed by atoms with E-state index >= 15 is 0 Å². The second kappa shape index (κ2) is 8.91. The molecule has 0 atom stereocenters. The van der Waals surface area contributed by atoms with Gasteiger partial charge in [-0.15, -0.1) is 0 Å². The molecule has 160 valence electrons. The number of carboxylic acid groups (broad SMARTS) is 1. The van der Waals surface area contributed by atoms with Crippen LogP contribution in [0.15, 0.2) is 59.0 Å². The maximum atomic E-state index is 12.4. The lowest BCUT2D eigenvalue weighted by molar-refractivity contribution is 0.0663. The highest BCUT2D eigenvalue weighted by Crippen LogP contribution is 2.31. The van der Waals surface area contributed by atoms with Gasteiger partial charge in [0.25, 0.3) is 5.91 Å². The second-order valence-corrected chi connectivity index (χ2v) is 8.71. The molecule has 0 bridgehead atoms. The average molecular weight is 457 g/mol. The summed E-state index contributed by atoms with van der Waals surface area (Å²) in [5, 5.41) is 15.0. The van der Waals surface area contributed by atoms with E-state index in [-0.39, 0.29) is 22.2 Å². The summed E-state index contributed by atoms with van der Waals surface area (Å²) in [6.45, 7) is 6.32. The fourth-order valence-corrected chi connectivity index (χ4v) is 3.33. The number of carboxylic acids is 1. The summed E-state index contributed by atoms with van der Waals surface area (Å²) in [5.74, 6) is -1.32. The Morgan fingerprint density at radius 3 is 2.26 bits per heavy atom. The molecule has 3 N–H and O–H groups in total. The van der Waals surface area contributed by atoms with Gasteiger partial charge in [-0.3, -0.25) is 10.1 Å². The predicted octanol–water partition coefficient (Wildman–Crippen LogP) is 5.72. The van der Waals surface area contributed by atoms with Crippen LogP contribution in [0.4, 0.5) is 5.69 Å². The first kappa shape index (κ1) is 22.5. The van der Waals surface area contributed by atoms with E-state index in [0.717, 1.165) is 5.56 Å². The van der Waals surface area contributed by atoms with Crippen molar-refractivity contribution in [2.24, 2.45) is 0 Å². The average Bonchev–Trinajstić information content (AvgIpc) is 3.17. The monoisotopic (exact) mass is 456 g/mol. The normalized spacial score (nSPS) is 11.1. The molecule has 8 heteroatoms. The van der Waals surface area contributed by atoms with E-state index in [1.165, 1.54) is 12.1 Å². The zero-order valence-corrected chi connectivity index (χ0v) is 18.7. The van der Waals surface area contributed by atoms with Gasteiger partial charge in [-0.05, 0) is 65.7 Å². The zero-order chi connectivity index (χ0) is 22.8. The van der Waals surface area contributed by atoms with E-state index in [9.17, 15) is 9.59 Å². The van der Waals surface area contributed by atoms with Gasteiger partial charge in [0.2, 0.25) is 5.76 Å². The van der Waals surface area contributed by atoms with Crippen molar-refractivity contribution < 1.29 is 19.1 Å². The smallest absolute Gasteiger partial charge is 0.371 e. The molecule has 0 aliphatic carbocycles. The van der Waals surface area contributed by atoms with Crippen molar-refractivity contribution in [3.8, 4) is 11.3 Å². The number of furan rings is 1. The summed E-state index contributed by atoms with van der Waals surface area (Å²) in [6, 6.07) is 15.2. The Morgan fingerprint density at radius 1 is 1.03 bits per heavy atom. The fraction of sp³-hybridized carbons (Fsp3) is 0.174. The van der Waals surface area contributed by atoms with Gasteiger partial charge >= 0.3 is 5.97 Å². The van der Waals surface area contributed by atoms with Crippen LogP contribution in [-0.2, 0) is 5.41 Å². The van der Waals surface area contributed by atoms with Crippen LogP contribution in [0.3, 0.4) is 0 Å². The Kier molecular flexibility index (Phi) is 6.48. The minimum atomic E-state index is -1.16. The van der Waals surface area contributed by atoms with Gasteiger partial charge in [0.05, 0.1) is 5.02 Å². The molecule has 0 aliphatic heterocycles. The maximum absolute atomic E-state index is 12.4. The summed E-state index contributed by atoms with van der Waals surface area (Å²) in [6.07, 6.45) is 0. The van der Waals surface area contributed by atoms with Gasteiger partial charge in [-0.25, -0.2) is 4.79 Å². The third kappa shape index (κ3) is 5.51. The SMILES string of the molecule is CC(C)(C)c1ccc(C(=O)NC(=S)Nc2ccc(-c3ccc(C(=O)O)o3)c(Cl)c2)cc1. The van der Waals surface area contributed by atoms with Gasteiger partial charge in [0.1, 0.15) is 5.76 Å². The van der Waals surface area contributed by atoms with Crippen molar-refractivity contribution in [3.63, 3.8) is 0 Å². The number of amides is 1. The van der Waals surface area contributed by atoms with E-state index in [1.54, 1.807) is 30.3 Å². The standard InChI is InChI=1S/C23H21ClN2O4S/c1-23(2,3)14-6-4-13(5-7-14)20(27)26-22(31)25-15-8-9-16(17(24)12-15)18-10-11-19(30-18)21(28)29/h4-12H,1-3H3,(H,28,29)(H2,25,26,27,31). The minimum Gasteiger partial charge on any atom is -0.475 e. The molecule has 2 aromatic carbocycles. The zero-order valence-electron chi connectivity index (χ0n) is 17.2. The van der Waals surface area contributed by atoms with Crippen LogP contribution in [0.5, 0.6) is 0 Å². The number of carbonyl (C=O) groups excluding carboxylic acids is 1. The number of halogens is 1. The highest BCUT2D eigenvalue weighted by atomic mass is 35.5. The second-order valence-electron chi connectivity index (χ2n) is 7.90. The van der Waals surface area contributed by atoms with Crippen molar-refractivity contribution in [1.82, 2.24) is 5.32 Å². The van der Waals surface area contributed by atoms with Crippen LogP contribution in [0, 0.1) is 0 Å². The van der Waals surface area contributed by atoms with Crippen molar-refractivity contribution in [1.29, 1.82) is 0 Å². The van der Waals surface area contributed by atoms with Gasteiger partial charge in [0.15, 0.2) is 5.11 Å². The lowest BCUT2D eigenvalue weighted by Gasteiger charge is -2.19. The lowest BCUT2D eigenvalue weighted by atomic mass is 9.87. The van der Waals surface area contributed by atoms with Gasteiger partial charge in [-0.2, -0.15) is 0 Å². The van der Waals surface area contributed by atoms with Crippen LogP contribution in [0.2, 0.25) is 5.02 Å². The molecule has 0 aliphatic rings. The summed E-state index contributed by atoms with van der Waals surface area (Å²) >= 11 is 11.5. The van der Waals surface area contributed by atoms with E-state index in [1.807, 2.05) is 12.1 Å². The number of rotatable bonds is 4. The van der Waals surface area contributed by atoms with Gasteiger partial charge in [0, 0.05) is 16.8 Å². The van der Waals surface area contributed by atoms with Crippen LogP contribution in [0.25, 0.3) is 11.3 Å². The Hall–Kier alpha value is -3.16. The topological polar surface area (TPSA) is 91.6 Å². The van der Waals surface area contributed by atoms with Gasteiger partial charge in [-0.1, -0.05) is 44.5 Å². The molecule has 6 nitrogen and oxygen atoms in total. The number of aromatic carboxylic acids is 1. The quantitative estimate of drug-likeness (QED) is 0.435. The molecule has 1 amide bonds. The largest absolute Gasteiger partial charge is 0.475 e. The third-order valence-electron chi connectivity index (χ3n) is 4.55. The number of carbonyl (C=O) groups is 2. The molecule has 0 fully saturated rings. The Morgan fingerprint density at radius 2 is 1.71 bits per heavy atom. The van der Waals surface area contributed by atoms with Crippen LogP contribution in [0.1, 0.15) is 47.2 Å². The molecule has 3 aromatic rings. The van der Waals surface area contributed by atoms with Gasteiger partial charge < -0.3 is 14.8 Å². The molecule has 1 aromatic heterocycles. The van der Waals surface area contributed by atoms with E-state index < -0.39 is 5.97 Å². The first-order valence-electron chi connectivity index (χ1n) is 9.40. The van der Waals surface area contributed by atoms with Crippen molar-refractivity contribution in [2.45, 2.75) is 26.2 Å². The lowest BCUT2D eigenvalue weighted by Crippen LogP contribution is -2.34. The summed E-state index contributed by atoms with van der Waals surface area (Å²) < 4.78 is 5.28. The summed E-state index contributed by atoms with van der Waals surface area (Å²) in [7, 11) is 0. The number of hydrogen-bond donors (Lipinski definition) is 3. The molecule has 0 saturated heterocycles. The van der Waals surface area contributed by atoms with Crippen molar-refractivity contribution in [2.75, 3.05) is 5.32 Å². The molecule has 0 unspecified atom stereocenters. The van der Waals surface area contributed by atoms with E-state index in [4.69, 9.17) is 33.3 Å². The molecule has 1 heterocycles. The van der Waals surface area contributed by atoms with Crippen LogP contribution >= 0.6 is 23.8 Å². The number of benzene rings is 2. The van der Waals surface area contributed by atoms with Crippen molar-refractivity contribution >= 4 is 46.5 Å². The highest BCUT2D eigenvalue weighted by molar-refractivity contribution is 7.80. The maximum Gasteiger partial charge on any atom is 0.371 e. The Labute approximate surface area is 190 Å². The number of hydrogen-bond acceptors (Lipinski definition) is 4. The van der Waals surface area contributed by atoms with E-state index in [0.29, 0.717) is 27.6 Å². The first-order valence-corrected chi connectivity index (χ1v) is 10.2. The molecular weight excluding hydrogens is 436 g/mol. The summed E-state index contributed by atoms with van der Waals surface area (Å²) in [5.41, 5.74) is 2.73. The predicted molar refractivity (Wildman–Crippen MR) is 125 cm³/mol. The molecule has 0 spiro atoms. The molecule has 31 heavy (non-hydrogen) atoms. The van der Waals surface area contributed by atoms with Crippen LogP contribution in [-0.4, -0.2) is 22.1 Å². The number of nitrogens with one attached hydrogen (secondary N) is 2. The Bertz CT molecular complexity index is 1150. The number of thiocarbonyl (C=S) groups is 1. The molecular formula is C23H21ClN2O4S. The highest BCUT2D eigenvalue weighted by Gasteiger charge is 2.16. The minimum absolute atomic E-state index is 0.00211.